The molecule has 0 saturated heterocycles. The summed E-state index contributed by atoms with van der Waals surface area (Å²) in [4.78, 5) is 0. The third-order valence-electron chi connectivity index (χ3n) is 3.44. The third-order valence-corrected chi connectivity index (χ3v) is 3.44. The Kier molecular flexibility index (Phi) is 6.57. The summed E-state index contributed by atoms with van der Waals surface area (Å²) in [6.07, 6.45) is 5.11. The summed E-state index contributed by atoms with van der Waals surface area (Å²) >= 11 is 0. The SMILES string of the molecule is CC(C)c1ccc(CCCCCNC(C)(C)C)cc1. The highest BCUT2D eigenvalue weighted by atomic mass is 14.9. The molecule has 0 heterocycles. The van der Waals surface area contributed by atoms with Gasteiger partial charge in [-0.2, -0.15) is 0 Å². The number of hydrogen-bond donors (Lipinski definition) is 1. The molecule has 0 bridgehead atoms. The first kappa shape index (κ1) is 16.2. The van der Waals surface area contributed by atoms with Gasteiger partial charge in [0.2, 0.25) is 0 Å². The summed E-state index contributed by atoms with van der Waals surface area (Å²) in [5.41, 5.74) is 3.18. The molecular formula is C18H31N. The molecule has 0 aliphatic heterocycles. The zero-order chi connectivity index (χ0) is 14.3. The minimum Gasteiger partial charge on any atom is -0.312 e. The van der Waals surface area contributed by atoms with Crippen molar-refractivity contribution in [2.24, 2.45) is 0 Å². The van der Waals surface area contributed by atoms with Crippen LogP contribution < -0.4 is 5.32 Å². The van der Waals surface area contributed by atoms with Crippen molar-refractivity contribution in [2.45, 2.75) is 71.8 Å². The van der Waals surface area contributed by atoms with Gasteiger partial charge in [-0.1, -0.05) is 44.5 Å². The first-order chi connectivity index (χ1) is 8.88. The number of nitrogens with one attached hydrogen (secondary N) is 1. The lowest BCUT2D eigenvalue weighted by Crippen LogP contribution is -2.36. The number of benzene rings is 1. The van der Waals surface area contributed by atoms with Crippen molar-refractivity contribution in [3.05, 3.63) is 35.4 Å². The van der Waals surface area contributed by atoms with Gasteiger partial charge in [-0.25, -0.2) is 0 Å². The predicted molar refractivity (Wildman–Crippen MR) is 85.8 cm³/mol. The standard InChI is InChI=1S/C18H31N/c1-15(2)17-12-10-16(11-13-17)9-7-6-8-14-19-18(3,4)5/h10-13,15,19H,6-9,14H2,1-5H3. The van der Waals surface area contributed by atoms with Gasteiger partial charge in [0.05, 0.1) is 0 Å². The van der Waals surface area contributed by atoms with Gasteiger partial charge in [-0.05, 0) is 63.6 Å². The second-order valence-corrected chi connectivity index (χ2v) is 6.88. The van der Waals surface area contributed by atoms with Crippen LogP contribution in [0.15, 0.2) is 24.3 Å². The highest BCUT2D eigenvalue weighted by Crippen LogP contribution is 2.16. The predicted octanol–water partition coefficient (Wildman–Crippen LogP) is 4.91. The minimum absolute atomic E-state index is 0.257. The molecule has 0 atom stereocenters. The highest BCUT2D eigenvalue weighted by molar-refractivity contribution is 5.24. The van der Waals surface area contributed by atoms with E-state index in [1.165, 1.54) is 36.8 Å². The van der Waals surface area contributed by atoms with Crippen LogP contribution in [0.5, 0.6) is 0 Å². The number of aryl methyl sites for hydroxylation is 1. The van der Waals surface area contributed by atoms with Gasteiger partial charge in [0.25, 0.3) is 0 Å². The molecule has 1 nitrogen and oxygen atoms in total. The average Bonchev–Trinajstić information content (AvgIpc) is 2.33. The summed E-state index contributed by atoms with van der Waals surface area (Å²) in [5.74, 6) is 0.637. The topological polar surface area (TPSA) is 12.0 Å². The van der Waals surface area contributed by atoms with Crippen molar-refractivity contribution >= 4 is 0 Å². The van der Waals surface area contributed by atoms with Crippen LogP contribution in [0.3, 0.4) is 0 Å². The zero-order valence-corrected chi connectivity index (χ0v) is 13.4. The molecule has 0 radical (unpaired) electrons. The molecule has 1 N–H and O–H groups in total. The Bertz CT molecular complexity index is 343. The van der Waals surface area contributed by atoms with Crippen molar-refractivity contribution in [3.8, 4) is 0 Å². The van der Waals surface area contributed by atoms with E-state index >= 15 is 0 Å². The molecule has 1 rings (SSSR count). The maximum atomic E-state index is 3.54. The monoisotopic (exact) mass is 261 g/mol. The molecule has 1 aromatic rings. The number of rotatable bonds is 7. The fourth-order valence-corrected chi connectivity index (χ4v) is 2.16. The summed E-state index contributed by atoms with van der Waals surface area (Å²) < 4.78 is 0. The van der Waals surface area contributed by atoms with Gasteiger partial charge in [0.15, 0.2) is 0 Å². The van der Waals surface area contributed by atoms with Crippen LogP contribution >= 0.6 is 0 Å². The highest BCUT2D eigenvalue weighted by Gasteiger charge is 2.06. The van der Waals surface area contributed by atoms with Crippen LogP contribution in [0.2, 0.25) is 0 Å². The van der Waals surface area contributed by atoms with Crippen LogP contribution in [0.1, 0.15) is 70.9 Å². The lowest BCUT2D eigenvalue weighted by molar-refractivity contribution is 0.417. The van der Waals surface area contributed by atoms with Crippen molar-refractivity contribution in [1.29, 1.82) is 0 Å². The van der Waals surface area contributed by atoms with E-state index < -0.39 is 0 Å². The molecule has 1 aromatic carbocycles. The van der Waals surface area contributed by atoms with Crippen LogP contribution in [-0.4, -0.2) is 12.1 Å². The van der Waals surface area contributed by atoms with Crippen LogP contribution in [0.4, 0.5) is 0 Å². The second-order valence-electron chi connectivity index (χ2n) is 6.88. The minimum atomic E-state index is 0.257. The Morgan fingerprint density at radius 3 is 2.11 bits per heavy atom. The lowest BCUT2D eigenvalue weighted by Gasteiger charge is -2.20. The van der Waals surface area contributed by atoms with Crippen molar-refractivity contribution in [3.63, 3.8) is 0 Å². The summed E-state index contributed by atoms with van der Waals surface area (Å²) in [5, 5.41) is 3.54. The van der Waals surface area contributed by atoms with E-state index in [2.05, 4.69) is 64.2 Å². The molecule has 0 saturated carbocycles. The summed E-state index contributed by atoms with van der Waals surface area (Å²) in [6, 6.07) is 9.15. The fraction of sp³-hybridized carbons (Fsp3) is 0.667. The summed E-state index contributed by atoms with van der Waals surface area (Å²) in [6.45, 7) is 12.3. The second kappa shape index (κ2) is 7.69. The normalized spacial score (nSPS) is 12.1. The maximum Gasteiger partial charge on any atom is 0.00965 e. The van der Waals surface area contributed by atoms with E-state index in [4.69, 9.17) is 0 Å². The smallest absolute Gasteiger partial charge is 0.00965 e. The Labute approximate surface area is 119 Å². The third kappa shape index (κ3) is 7.37. The van der Waals surface area contributed by atoms with Crippen molar-refractivity contribution in [2.75, 3.05) is 6.54 Å². The van der Waals surface area contributed by atoms with Gasteiger partial charge in [0.1, 0.15) is 0 Å². The number of hydrogen-bond acceptors (Lipinski definition) is 1. The van der Waals surface area contributed by atoms with Crippen LogP contribution in [0.25, 0.3) is 0 Å². The molecule has 0 spiro atoms. The largest absolute Gasteiger partial charge is 0.312 e. The zero-order valence-electron chi connectivity index (χ0n) is 13.4. The fourth-order valence-electron chi connectivity index (χ4n) is 2.16. The quantitative estimate of drug-likeness (QED) is 0.688. The lowest BCUT2D eigenvalue weighted by atomic mass is 9.99. The summed E-state index contributed by atoms with van der Waals surface area (Å²) in [7, 11) is 0. The molecule has 19 heavy (non-hydrogen) atoms. The molecule has 108 valence electrons. The van der Waals surface area contributed by atoms with E-state index in [1.807, 2.05) is 0 Å². The maximum absolute atomic E-state index is 3.54. The van der Waals surface area contributed by atoms with Crippen molar-refractivity contribution in [1.82, 2.24) is 5.32 Å². The van der Waals surface area contributed by atoms with E-state index in [-0.39, 0.29) is 5.54 Å². The molecule has 0 aliphatic rings. The molecule has 0 amide bonds. The molecule has 0 fully saturated rings. The molecule has 0 aromatic heterocycles. The molecule has 0 aliphatic carbocycles. The molecule has 1 heteroatoms. The van der Waals surface area contributed by atoms with Crippen molar-refractivity contribution < 1.29 is 0 Å². The van der Waals surface area contributed by atoms with E-state index in [0.717, 1.165) is 6.54 Å². The molecule has 0 unspecified atom stereocenters. The van der Waals surface area contributed by atoms with Gasteiger partial charge in [0, 0.05) is 5.54 Å². The number of unbranched alkanes of at least 4 members (excludes halogenated alkanes) is 2. The van der Waals surface area contributed by atoms with Gasteiger partial charge in [-0.3, -0.25) is 0 Å². The van der Waals surface area contributed by atoms with Gasteiger partial charge in [-0.15, -0.1) is 0 Å². The van der Waals surface area contributed by atoms with Crippen LogP contribution in [0, 0.1) is 0 Å². The Morgan fingerprint density at radius 1 is 0.947 bits per heavy atom. The van der Waals surface area contributed by atoms with E-state index in [0.29, 0.717) is 5.92 Å². The van der Waals surface area contributed by atoms with Crippen LogP contribution in [-0.2, 0) is 6.42 Å². The first-order valence-electron chi connectivity index (χ1n) is 7.72. The van der Waals surface area contributed by atoms with E-state index in [9.17, 15) is 0 Å². The van der Waals surface area contributed by atoms with E-state index in [1.54, 1.807) is 0 Å². The van der Waals surface area contributed by atoms with Gasteiger partial charge < -0.3 is 5.32 Å². The Balaban J connectivity index is 2.16. The first-order valence-corrected chi connectivity index (χ1v) is 7.72. The average molecular weight is 261 g/mol. The molecular weight excluding hydrogens is 230 g/mol. The Morgan fingerprint density at radius 2 is 1.58 bits per heavy atom. The Hall–Kier alpha value is -0.820. The van der Waals surface area contributed by atoms with Gasteiger partial charge >= 0.3 is 0 Å².